The molecule has 5 heteroatoms. The number of methoxy groups -OCH3 is 1. The lowest BCUT2D eigenvalue weighted by atomic mass is 10.1. The number of ether oxygens (including phenoxy) is 2. The molecule has 0 aliphatic rings. The minimum atomic E-state index is -0.371. The topological polar surface area (TPSA) is 50.8 Å². The van der Waals surface area contributed by atoms with Gasteiger partial charge in [0.2, 0.25) is 0 Å². The lowest BCUT2D eigenvalue weighted by Gasteiger charge is -2.21. The highest BCUT2D eigenvalue weighted by atomic mass is 16.6. The number of hydrogen-bond acceptors (Lipinski definition) is 5. The van der Waals surface area contributed by atoms with Crippen LogP contribution in [0.25, 0.3) is 0 Å². The fraction of sp³-hybridized carbons (Fsp3) is 0.611. The third-order valence-corrected chi connectivity index (χ3v) is 3.93. The van der Waals surface area contributed by atoms with Crippen LogP contribution < -0.4 is 10.1 Å². The number of aryl methyl sites for hydroxylation is 2. The van der Waals surface area contributed by atoms with E-state index in [0.29, 0.717) is 6.04 Å². The summed E-state index contributed by atoms with van der Waals surface area (Å²) in [4.78, 5) is 13.5. The second-order valence-electron chi connectivity index (χ2n) is 6.17. The molecule has 0 aliphatic heterocycles. The Labute approximate surface area is 140 Å². The summed E-state index contributed by atoms with van der Waals surface area (Å²) in [6, 6.07) is 4.75. The lowest BCUT2D eigenvalue weighted by molar-refractivity contribution is -0.142. The molecule has 1 rings (SSSR count). The zero-order valence-corrected chi connectivity index (χ0v) is 15.2. The number of hydrogen-bond donors (Lipinski definition) is 1. The standard InChI is InChI=1S/C18H30N2O3/c1-13(2)20(5)8-7-19-11-16-9-14(3)18(15(4)10-16)23-12-17(21)22-6/h9-10,13,19H,7-8,11-12H2,1-6H3. The second-order valence-corrected chi connectivity index (χ2v) is 6.17. The van der Waals surface area contributed by atoms with Crippen molar-refractivity contribution in [2.45, 2.75) is 40.3 Å². The van der Waals surface area contributed by atoms with E-state index in [0.717, 1.165) is 36.5 Å². The number of nitrogens with zero attached hydrogens (tertiary/aromatic N) is 1. The van der Waals surface area contributed by atoms with E-state index in [-0.39, 0.29) is 12.6 Å². The zero-order valence-electron chi connectivity index (χ0n) is 15.2. The van der Waals surface area contributed by atoms with Gasteiger partial charge in [-0.2, -0.15) is 0 Å². The molecular formula is C18H30N2O3. The van der Waals surface area contributed by atoms with Gasteiger partial charge >= 0.3 is 5.97 Å². The summed E-state index contributed by atoms with van der Waals surface area (Å²) in [5, 5.41) is 3.46. The first-order valence-corrected chi connectivity index (χ1v) is 8.05. The molecule has 0 saturated carbocycles. The predicted molar refractivity (Wildman–Crippen MR) is 92.9 cm³/mol. The smallest absolute Gasteiger partial charge is 0.343 e. The van der Waals surface area contributed by atoms with Crippen LogP contribution in [0.1, 0.15) is 30.5 Å². The number of nitrogens with one attached hydrogen (secondary N) is 1. The Bertz CT molecular complexity index is 492. The van der Waals surface area contributed by atoms with E-state index in [1.807, 2.05) is 13.8 Å². The first-order chi connectivity index (χ1) is 10.8. The number of likely N-dealkylation sites (N-methyl/N-ethyl adjacent to an activating group) is 1. The molecule has 0 bridgehead atoms. The molecule has 1 N–H and O–H groups in total. The van der Waals surface area contributed by atoms with Gasteiger partial charge < -0.3 is 19.7 Å². The van der Waals surface area contributed by atoms with Gasteiger partial charge in [-0.25, -0.2) is 4.79 Å². The molecular weight excluding hydrogens is 292 g/mol. The van der Waals surface area contributed by atoms with Crippen molar-refractivity contribution in [3.05, 3.63) is 28.8 Å². The van der Waals surface area contributed by atoms with Crippen molar-refractivity contribution in [2.75, 3.05) is 33.9 Å². The summed E-state index contributed by atoms with van der Waals surface area (Å²) in [7, 11) is 3.49. The van der Waals surface area contributed by atoms with Gasteiger partial charge in [0, 0.05) is 25.7 Å². The summed E-state index contributed by atoms with van der Waals surface area (Å²) >= 11 is 0. The van der Waals surface area contributed by atoms with Crippen LogP contribution in [0.2, 0.25) is 0 Å². The van der Waals surface area contributed by atoms with Gasteiger partial charge in [0.25, 0.3) is 0 Å². The first kappa shape index (κ1) is 19.5. The van der Waals surface area contributed by atoms with Crippen molar-refractivity contribution in [1.29, 1.82) is 0 Å². The molecule has 0 heterocycles. The van der Waals surface area contributed by atoms with Gasteiger partial charge in [-0.05, 0) is 51.4 Å². The van der Waals surface area contributed by atoms with Crippen LogP contribution >= 0.6 is 0 Å². The normalized spacial score (nSPS) is 11.1. The Morgan fingerprint density at radius 2 is 1.87 bits per heavy atom. The molecule has 0 aromatic heterocycles. The minimum Gasteiger partial charge on any atom is -0.481 e. The van der Waals surface area contributed by atoms with E-state index < -0.39 is 0 Å². The maximum absolute atomic E-state index is 11.2. The molecule has 5 nitrogen and oxygen atoms in total. The Morgan fingerprint density at radius 1 is 1.26 bits per heavy atom. The monoisotopic (exact) mass is 322 g/mol. The van der Waals surface area contributed by atoms with E-state index >= 15 is 0 Å². The van der Waals surface area contributed by atoms with Crippen LogP contribution in [-0.2, 0) is 16.1 Å². The van der Waals surface area contributed by atoms with Crippen molar-refractivity contribution >= 4 is 5.97 Å². The largest absolute Gasteiger partial charge is 0.481 e. The molecule has 0 spiro atoms. The molecule has 0 aliphatic carbocycles. The van der Waals surface area contributed by atoms with E-state index in [9.17, 15) is 4.79 Å². The Hall–Kier alpha value is -1.59. The van der Waals surface area contributed by atoms with Crippen LogP contribution in [-0.4, -0.2) is 50.8 Å². The van der Waals surface area contributed by atoms with Crippen LogP contribution in [0.4, 0.5) is 0 Å². The maximum Gasteiger partial charge on any atom is 0.343 e. The van der Waals surface area contributed by atoms with Gasteiger partial charge in [-0.15, -0.1) is 0 Å². The van der Waals surface area contributed by atoms with Gasteiger partial charge in [0.15, 0.2) is 6.61 Å². The molecule has 23 heavy (non-hydrogen) atoms. The molecule has 1 aromatic rings. The lowest BCUT2D eigenvalue weighted by Crippen LogP contribution is -2.33. The first-order valence-electron chi connectivity index (χ1n) is 8.05. The van der Waals surface area contributed by atoms with Gasteiger partial charge in [0.05, 0.1) is 7.11 Å². The quantitative estimate of drug-likeness (QED) is 0.558. The third kappa shape index (κ3) is 6.59. The molecule has 0 saturated heterocycles. The van der Waals surface area contributed by atoms with Gasteiger partial charge in [-0.1, -0.05) is 12.1 Å². The predicted octanol–water partition coefficient (Wildman–Crippen LogP) is 2.29. The van der Waals surface area contributed by atoms with Crippen molar-refractivity contribution in [2.24, 2.45) is 0 Å². The van der Waals surface area contributed by atoms with Crippen LogP contribution in [0, 0.1) is 13.8 Å². The SMILES string of the molecule is COC(=O)COc1c(C)cc(CNCCN(C)C(C)C)cc1C. The Morgan fingerprint density at radius 3 is 2.39 bits per heavy atom. The number of esters is 1. The maximum atomic E-state index is 11.2. The second kappa shape index (κ2) is 9.53. The van der Waals surface area contributed by atoms with Gasteiger partial charge in [-0.3, -0.25) is 0 Å². The molecule has 0 amide bonds. The van der Waals surface area contributed by atoms with Crippen molar-refractivity contribution in [1.82, 2.24) is 10.2 Å². The molecule has 0 unspecified atom stereocenters. The molecule has 1 aromatic carbocycles. The fourth-order valence-corrected chi connectivity index (χ4v) is 2.31. The summed E-state index contributed by atoms with van der Waals surface area (Å²) in [5.74, 6) is 0.391. The molecule has 0 radical (unpaired) electrons. The Balaban J connectivity index is 2.54. The minimum absolute atomic E-state index is 0.0582. The van der Waals surface area contributed by atoms with Crippen molar-refractivity contribution in [3.63, 3.8) is 0 Å². The van der Waals surface area contributed by atoms with E-state index in [2.05, 4.69) is 48.0 Å². The highest BCUT2D eigenvalue weighted by Crippen LogP contribution is 2.24. The number of carbonyl (C=O) groups excluding carboxylic acids is 1. The fourth-order valence-electron chi connectivity index (χ4n) is 2.31. The molecule has 0 atom stereocenters. The highest BCUT2D eigenvalue weighted by Gasteiger charge is 2.09. The number of rotatable bonds is 9. The molecule has 0 fully saturated rings. The summed E-state index contributed by atoms with van der Waals surface area (Å²) in [5.41, 5.74) is 3.28. The van der Waals surface area contributed by atoms with Crippen LogP contribution in [0.15, 0.2) is 12.1 Å². The van der Waals surface area contributed by atoms with Crippen LogP contribution in [0.5, 0.6) is 5.75 Å². The van der Waals surface area contributed by atoms with E-state index in [1.165, 1.54) is 12.7 Å². The van der Waals surface area contributed by atoms with Crippen molar-refractivity contribution < 1.29 is 14.3 Å². The summed E-state index contributed by atoms with van der Waals surface area (Å²) in [6.07, 6.45) is 0. The number of benzene rings is 1. The van der Waals surface area contributed by atoms with E-state index in [1.54, 1.807) is 0 Å². The van der Waals surface area contributed by atoms with Crippen LogP contribution in [0.3, 0.4) is 0 Å². The average Bonchev–Trinajstić information content (AvgIpc) is 2.50. The average molecular weight is 322 g/mol. The summed E-state index contributed by atoms with van der Waals surface area (Å²) in [6.45, 7) is 11.1. The third-order valence-electron chi connectivity index (χ3n) is 3.93. The molecule has 130 valence electrons. The summed E-state index contributed by atoms with van der Waals surface area (Å²) < 4.78 is 10.2. The van der Waals surface area contributed by atoms with Crippen molar-refractivity contribution in [3.8, 4) is 5.75 Å². The zero-order chi connectivity index (χ0) is 17.4. The van der Waals surface area contributed by atoms with E-state index in [4.69, 9.17) is 4.74 Å². The number of carbonyl (C=O) groups is 1. The van der Waals surface area contributed by atoms with Gasteiger partial charge in [0.1, 0.15) is 5.75 Å². The highest BCUT2D eigenvalue weighted by molar-refractivity contribution is 5.71. The Kier molecular flexibility index (Phi) is 8.06.